The SMILES string of the molecule is O=c1c2ccccc2nc(-c2ccc(-c3cccn3CCNCc3ccccn3)cc2)n1-c1ccccn1. The van der Waals surface area contributed by atoms with Crippen LogP contribution in [0.4, 0.5) is 0 Å². The van der Waals surface area contributed by atoms with Crippen LogP contribution in [0.3, 0.4) is 0 Å². The molecule has 1 N–H and O–H groups in total. The van der Waals surface area contributed by atoms with Crippen LogP contribution in [0.2, 0.25) is 0 Å². The van der Waals surface area contributed by atoms with E-state index in [4.69, 9.17) is 4.98 Å². The van der Waals surface area contributed by atoms with Gasteiger partial charge in [0.15, 0.2) is 0 Å². The molecule has 4 heterocycles. The fourth-order valence-electron chi connectivity index (χ4n) is 4.60. The number of nitrogens with zero attached hydrogens (tertiary/aromatic N) is 5. The van der Waals surface area contributed by atoms with Crippen molar-refractivity contribution in [3.05, 3.63) is 132 Å². The molecule has 0 saturated heterocycles. The van der Waals surface area contributed by atoms with E-state index >= 15 is 0 Å². The summed E-state index contributed by atoms with van der Waals surface area (Å²) in [4.78, 5) is 27.2. The van der Waals surface area contributed by atoms with Gasteiger partial charge in [0.25, 0.3) is 5.56 Å². The highest BCUT2D eigenvalue weighted by atomic mass is 16.1. The molecule has 6 aromatic rings. The van der Waals surface area contributed by atoms with Gasteiger partial charge in [-0.2, -0.15) is 0 Å². The summed E-state index contributed by atoms with van der Waals surface area (Å²) in [7, 11) is 0. The van der Waals surface area contributed by atoms with Crippen molar-refractivity contribution < 1.29 is 0 Å². The number of hydrogen-bond donors (Lipinski definition) is 1. The normalized spacial score (nSPS) is 11.2. The van der Waals surface area contributed by atoms with E-state index in [0.717, 1.165) is 42.1 Å². The van der Waals surface area contributed by atoms with Crippen molar-refractivity contribution in [3.63, 3.8) is 0 Å². The summed E-state index contributed by atoms with van der Waals surface area (Å²) in [5.41, 5.74) is 4.62. The summed E-state index contributed by atoms with van der Waals surface area (Å²) < 4.78 is 3.83. The summed E-state index contributed by atoms with van der Waals surface area (Å²) in [6.07, 6.45) is 5.59. The van der Waals surface area contributed by atoms with Crippen LogP contribution >= 0.6 is 0 Å². The summed E-state index contributed by atoms with van der Waals surface area (Å²) in [5, 5.41) is 4.02. The minimum Gasteiger partial charge on any atom is -0.346 e. The number of rotatable bonds is 8. The molecule has 0 radical (unpaired) electrons. The molecule has 0 bridgehead atoms. The Kier molecular flexibility index (Phi) is 6.57. The highest BCUT2D eigenvalue weighted by Crippen LogP contribution is 2.26. The molecular formula is C31H26N6O. The van der Waals surface area contributed by atoms with Crippen molar-refractivity contribution >= 4 is 10.9 Å². The first-order valence-corrected chi connectivity index (χ1v) is 12.6. The monoisotopic (exact) mass is 498 g/mol. The molecule has 6 rings (SSSR count). The Bertz CT molecular complexity index is 1720. The predicted octanol–water partition coefficient (Wildman–Crippen LogP) is 5.10. The summed E-state index contributed by atoms with van der Waals surface area (Å²) in [6.45, 7) is 2.40. The van der Waals surface area contributed by atoms with Gasteiger partial charge in [-0.15, -0.1) is 0 Å². The van der Waals surface area contributed by atoms with Gasteiger partial charge < -0.3 is 9.88 Å². The van der Waals surface area contributed by atoms with Gasteiger partial charge in [0, 0.05) is 49.5 Å². The lowest BCUT2D eigenvalue weighted by atomic mass is 10.1. The van der Waals surface area contributed by atoms with Gasteiger partial charge in [-0.1, -0.05) is 48.5 Å². The van der Waals surface area contributed by atoms with Gasteiger partial charge in [0.1, 0.15) is 11.6 Å². The van der Waals surface area contributed by atoms with Crippen LogP contribution < -0.4 is 10.9 Å². The molecule has 38 heavy (non-hydrogen) atoms. The summed E-state index contributed by atoms with van der Waals surface area (Å²) in [5.74, 6) is 1.11. The number of fused-ring (bicyclic) bond motifs is 1. The van der Waals surface area contributed by atoms with Gasteiger partial charge in [-0.25, -0.2) is 14.5 Å². The zero-order valence-electron chi connectivity index (χ0n) is 20.7. The second-order valence-corrected chi connectivity index (χ2v) is 8.94. The first kappa shape index (κ1) is 23.5. The van der Waals surface area contributed by atoms with Crippen molar-refractivity contribution in [3.8, 4) is 28.5 Å². The molecular weight excluding hydrogens is 472 g/mol. The lowest BCUT2D eigenvalue weighted by Gasteiger charge is -2.14. The van der Waals surface area contributed by atoms with Crippen LogP contribution in [0.5, 0.6) is 0 Å². The van der Waals surface area contributed by atoms with Crippen molar-refractivity contribution in [1.29, 1.82) is 0 Å². The van der Waals surface area contributed by atoms with E-state index in [0.29, 0.717) is 22.5 Å². The van der Waals surface area contributed by atoms with Crippen LogP contribution in [-0.4, -0.2) is 30.6 Å². The minimum atomic E-state index is -0.138. The number of para-hydroxylation sites is 1. The molecule has 0 aliphatic carbocycles. The molecule has 7 nitrogen and oxygen atoms in total. The Morgan fingerprint density at radius 3 is 2.29 bits per heavy atom. The van der Waals surface area contributed by atoms with Gasteiger partial charge in [0.05, 0.1) is 16.6 Å². The zero-order chi connectivity index (χ0) is 25.7. The van der Waals surface area contributed by atoms with Crippen LogP contribution in [0, 0.1) is 0 Å². The van der Waals surface area contributed by atoms with E-state index in [1.807, 2.05) is 72.9 Å². The highest BCUT2D eigenvalue weighted by molar-refractivity contribution is 5.80. The maximum atomic E-state index is 13.5. The first-order valence-electron chi connectivity index (χ1n) is 12.6. The Hall–Kier alpha value is -4.88. The van der Waals surface area contributed by atoms with Crippen molar-refractivity contribution in [1.82, 2.24) is 29.4 Å². The van der Waals surface area contributed by atoms with Crippen LogP contribution in [-0.2, 0) is 13.1 Å². The van der Waals surface area contributed by atoms with Crippen molar-refractivity contribution in [2.75, 3.05) is 6.54 Å². The minimum absolute atomic E-state index is 0.138. The Labute approximate surface area is 220 Å². The number of hydrogen-bond acceptors (Lipinski definition) is 5. The fraction of sp³-hybridized carbons (Fsp3) is 0.0968. The van der Waals surface area contributed by atoms with Crippen molar-refractivity contribution in [2.24, 2.45) is 0 Å². The number of aromatic nitrogens is 5. The number of nitrogens with one attached hydrogen (secondary N) is 1. The molecule has 0 unspecified atom stereocenters. The molecule has 7 heteroatoms. The molecule has 0 fully saturated rings. The second kappa shape index (κ2) is 10.6. The molecule has 0 amide bonds. The van der Waals surface area contributed by atoms with Crippen molar-refractivity contribution in [2.45, 2.75) is 13.1 Å². The van der Waals surface area contributed by atoms with Gasteiger partial charge >= 0.3 is 0 Å². The largest absolute Gasteiger partial charge is 0.346 e. The maximum Gasteiger partial charge on any atom is 0.267 e. The first-order chi connectivity index (χ1) is 18.8. The highest BCUT2D eigenvalue weighted by Gasteiger charge is 2.15. The molecule has 0 aliphatic rings. The average molecular weight is 499 g/mol. The van der Waals surface area contributed by atoms with E-state index in [9.17, 15) is 4.79 Å². The van der Waals surface area contributed by atoms with Gasteiger partial charge in [-0.05, 0) is 54.1 Å². The van der Waals surface area contributed by atoms with Crippen LogP contribution in [0.15, 0.2) is 120 Å². The summed E-state index contributed by atoms with van der Waals surface area (Å²) in [6, 6.07) is 31.3. The Balaban J connectivity index is 1.28. The van der Waals surface area contributed by atoms with E-state index in [1.165, 1.54) is 0 Å². The molecule has 0 atom stereocenters. The topological polar surface area (TPSA) is 77.6 Å². The predicted molar refractivity (Wildman–Crippen MR) is 150 cm³/mol. The maximum absolute atomic E-state index is 13.5. The fourth-order valence-corrected chi connectivity index (χ4v) is 4.60. The lowest BCUT2D eigenvalue weighted by molar-refractivity contribution is 0.597. The third kappa shape index (κ3) is 4.75. The molecule has 4 aromatic heterocycles. The Morgan fingerprint density at radius 2 is 1.50 bits per heavy atom. The number of pyridine rings is 2. The smallest absolute Gasteiger partial charge is 0.267 e. The van der Waals surface area contributed by atoms with E-state index in [-0.39, 0.29) is 5.56 Å². The van der Waals surface area contributed by atoms with Gasteiger partial charge in [0.2, 0.25) is 0 Å². The third-order valence-corrected chi connectivity index (χ3v) is 6.48. The Morgan fingerprint density at radius 1 is 0.737 bits per heavy atom. The molecule has 2 aromatic carbocycles. The van der Waals surface area contributed by atoms with E-state index < -0.39 is 0 Å². The zero-order valence-corrected chi connectivity index (χ0v) is 20.7. The molecule has 0 saturated carbocycles. The lowest BCUT2D eigenvalue weighted by Crippen LogP contribution is -2.22. The van der Waals surface area contributed by atoms with Crippen LogP contribution in [0.25, 0.3) is 39.4 Å². The summed E-state index contributed by atoms with van der Waals surface area (Å²) >= 11 is 0. The molecule has 186 valence electrons. The number of benzene rings is 2. The molecule has 0 aliphatic heterocycles. The standard InChI is InChI=1S/C31H26N6O/c38-31-26-9-1-2-10-27(26)35-30(37(31)29-12-4-6-18-34-29)24-15-13-23(14-16-24)28-11-7-20-36(28)21-19-32-22-25-8-3-5-17-33-25/h1-18,20,32H,19,21-22H2. The quantitative estimate of drug-likeness (QED) is 0.296. The van der Waals surface area contributed by atoms with E-state index in [1.54, 1.807) is 16.8 Å². The average Bonchev–Trinajstić information content (AvgIpc) is 3.45. The third-order valence-electron chi connectivity index (χ3n) is 6.48. The molecule has 0 spiro atoms. The van der Waals surface area contributed by atoms with Crippen LogP contribution in [0.1, 0.15) is 5.69 Å². The van der Waals surface area contributed by atoms with Gasteiger partial charge in [-0.3, -0.25) is 9.78 Å². The second-order valence-electron chi connectivity index (χ2n) is 8.94. The van der Waals surface area contributed by atoms with E-state index in [2.05, 4.69) is 50.3 Å².